The molecule has 15 heavy (non-hydrogen) atoms. The fourth-order valence-electron chi connectivity index (χ4n) is 1.72. The van der Waals surface area contributed by atoms with Crippen molar-refractivity contribution in [2.24, 2.45) is 0 Å². The number of allylic oxidation sites excluding steroid dienone is 1. The number of halogens is 4. The summed E-state index contributed by atoms with van der Waals surface area (Å²) in [4.78, 5) is 0. The van der Waals surface area contributed by atoms with E-state index in [4.69, 9.17) is 0 Å². The van der Waals surface area contributed by atoms with Crippen LogP contribution >= 0.6 is 15.9 Å². The van der Waals surface area contributed by atoms with Crippen LogP contribution in [0.3, 0.4) is 0 Å². The van der Waals surface area contributed by atoms with E-state index < -0.39 is 6.43 Å². The third kappa shape index (κ3) is 2.09. The fraction of sp³-hybridized carbons (Fsp3) is 0.273. The summed E-state index contributed by atoms with van der Waals surface area (Å²) in [5.74, 6) is -0.338. The molecule has 1 aromatic rings. The van der Waals surface area contributed by atoms with Crippen LogP contribution in [-0.4, -0.2) is 6.43 Å². The Kier molecular flexibility index (Phi) is 2.87. The number of alkyl halides is 2. The lowest BCUT2D eigenvalue weighted by molar-refractivity contribution is 0.186. The minimum absolute atomic E-state index is 0.120. The maximum atomic E-state index is 13.0. The van der Waals surface area contributed by atoms with Crippen LogP contribution in [0.1, 0.15) is 17.5 Å². The molecule has 0 fully saturated rings. The molecule has 2 rings (SSSR count). The zero-order valence-corrected chi connectivity index (χ0v) is 9.32. The van der Waals surface area contributed by atoms with Gasteiger partial charge in [-0.25, -0.2) is 13.2 Å². The Balaban J connectivity index is 2.50. The summed E-state index contributed by atoms with van der Waals surface area (Å²) in [5, 5.41) is 0. The molecule has 0 saturated heterocycles. The second kappa shape index (κ2) is 4.00. The first-order valence-electron chi connectivity index (χ1n) is 4.54. The molecule has 0 atom stereocenters. The molecule has 0 amide bonds. The maximum absolute atomic E-state index is 13.0. The van der Waals surface area contributed by atoms with E-state index in [0.717, 1.165) is 5.56 Å². The highest BCUT2D eigenvalue weighted by Gasteiger charge is 2.19. The van der Waals surface area contributed by atoms with Crippen molar-refractivity contribution in [1.29, 1.82) is 0 Å². The van der Waals surface area contributed by atoms with E-state index in [1.165, 1.54) is 18.2 Å². The highest BCUT2D eigenvalue weighted by atomic mass is 79.9. The van der Waals surface area contributed by atoms with Gasteiger partial charge in [0.05, 0.1) is 0 Å². The predicted molar refractivity (Wildman–Crippen MR) is 56.4 cm³/mol. The minimum atomic E-state index is -2.42. The summed E-state index contributed by atoms with van der Waals surface area (Å²) in [5.41, 5.74) is 1.58. The molecule has 0 aromatic heterocycles. The number of benzene rings is 1. The van der Waals surface area contributed by atoms with Crippen LogP contribution in [-0.2, 0) is 6.42 Å². The Hall–Kier alpha value is -0.770. The third-order valence-electron chi connectivity index (χ3n) is 2.47. The van der Waals surface area contributed by atoms with Gasteiger partial charge in [0.25, 0.3) is 6.43 Å². The van der Waals surface area contributed by atoms with Gasteiger partial charge in [-0.1, -0.05) is 15.9 Å². The number of rotatable bonds is 1. The SMILES string of the molecule is Fc1cc(Br)c2c(c1)CCC(C(F)F)=C2. The lowest BCUT2D eigenvalue weighted by Crippen LogP contribution is -2.06. The zero-order valence-electron chi connectivity index (χ0n) is 7.74. The van der Waals surface area contributed by atoms with Crippen LogP contribution in [0.15, 0.2) is 22.2 Å². The van der Waals surface area contributed by atoms with Crippen molar-refractivity contribution in [3.05, 3.63) is 39.1 Å². The summed E-state index contributed by atoms with van der Waals surface area (Å²) in [6, 6.07) is 2.70. The standard InChI is InChI=1S/C11H8BrF3/c12-10-5-8(13)3-6-1-2-7(11(14)15)4-9(6)10/h3-5,11H,1-2H2. The second-order valence-electron chi connectivity index (χ2n) is 3.48. The summed E-state index contributed by atoms with van der Waals surface area (Å²) in [7, 11) is 0. The Labute approximate surface area is 93.9 Å². The molecule has 80 valence electrons. The van der Waals surface area contributed by atoms with Gasteiger partial charge in [0.15, 0.2) is 0 Å². The minimum Gasteiger partial charge on any atom is -0.207 e. The van der Waals surface area contributed by atoms with Crippen molar-refractivity contribution in [3.63, 3.8) is 0 Å². The molecule has 4 heteroatoms. The van der Waals surface area contributed by atoms with Gasteiger partial charge in [-0.3, -0.25) is 0 Å². The van der Waals surface area contributed by atoms with E-state index >= 15 is 0 Å². The Morgan fingerprint density at radius 1 is 1.20 bits per heavy atom. The third-order valence-corrected chi connectivity index (χ3v) is 3.13. The molecule has 0 unspecified atom stereocenters. The van der Waals surface area contributed by atoms with E-state index in [0.29, 0.717) is 22.9 Å². The maximum Gasteiger partial charge on any atom is 0.260 e. The van der Waals surface area contributed by atoms with Gasteiger partial charge in [-0.2, -0.15) is 0 Å². The monoisotopic (exact) mass is 276 g/mol. The topological polar surface area (TPSA) is 0 Å². The molecule has 0 spiro atoms. The molecule has 1 aliphatic carbocycles. The molecule has 0 aliphatic heterocycles. The lowest BCUT2D eigenvalue weighted by Gasteiger charge is -2.17. The molecule has 0 heterocycles. The number of hydrogen-bond acceptors (Lipinski definition) is 0. The van der Waals surface area contributed by atoms with E-state index in [1.54, 1.807) is 0 Å². The largest absolute Gasteiger partial charge is 0.260 e. The first-order valence-corrected chi connectivity index (χ1v) is 5.34. The van der Waals surface area contributed by atoms with Gasteiger partial charge in [-0.05, 0) is 47.8 Å². The molecule has 0 saturated carbocycles. The molecule has 0 bridgehead atoms. The van der Waals surface area contributed by atoms with E-state index in [2.05, 4.69) is 15.9 Å². The molecular weight excluding hydrogens is 269 g/mol. The summed E-state index contributed by atoms with van der Waals surface area (Å²) in [6.07, 6.45) is -0.190. The summed E-state index contributed by atoms with van der Waals surface area (Å²) < 4.78 is 38.5. The van der Waals surface area contributed by atoms with Gasteiger partial charge in [-0.15, -0.1) is 0 Å². The zero-order chi connectivity index (χ0) is 11.0. The van der Waals surface area contributed by atoms with Crippen molar-refractivity contribution in [1.82, 2.24) is 0 Å². The van der Waals surface area contributed by atoms with Crippen LogP contribution in [0.4, 0.5) is 13.2 Å². The van der Waals surface area contributed by atoms with Crippen molar-refractivity contribution < 1.29 is 13.2 Å². The van der Waals surface area contributed by atoms with Crippen molar-refractivity contribution >= 4 is 22.0 Å². The smallest absolute Gasteiger partial charge is 0.207 e. The molecule has 1 aromatic carbocycles. The Morgan fingerprint density at radius 2 is 1.93 bits per heavy atom. The summed E-state index contributed by atoms with van der Waals surface area (Å²) >= 11 is 3.18. The van der Waals surface area contributed by atoms with Gasteiger partial charge >= 0.3 is 0 Å². The van der Waals surface area contributed by atoms with Crippen molar-refractivity contribution in [2.75, 3.05) is 0 Å². The van der Waals surface area contributed by atoms with Crippen LogP contribution < -0.4 is 0 Å². The summed E-state index contributed by atoms with van der Waals surface area (Å²) in [6.45, 7) is 0. The van der Waals surface area contributed by atoms with Crippen LogP contribution in [0.25, 0.3) is 6.08 Å². The van der Waals surface area contributed by atoms with Gasteiger partial charge in [0.1, 0.15) is 5.82 Å². The average molecular weight is 277 g/mol. The number of hydrogen-bond donors (Lipinski definition) is 0. The van der Waals surface area contributed by atoms with Crippen LogP contribution in [0.2, 0.25) is 0 Å². The highest BCUT2D eigenvalue weighted by Crippen LogP contribution is 2.32. The van der Waals surface area contributed by atoms with E-state index in [1.807, 2.05) is 0 Å². The first-order chi connectivity index (χ1) is 7.08. The lowest BCUT2D eigenvalue weighted by atomic mass is 9.92. The Bertz CT molecular complexity index is 424. The van der Waals surface area contributed by atoms with Crippen LogP contribution in [0, 0.1) is 5.82 Å². The first kappa shape index (κ1) is 10.7. The normalized spacial score (nSPS) is 15.1. The molecule has 0 radical (unpaired) electrons. The second-order valence-corrected chi connectivity index (χ2v) is 4.33. The quantitative estimate of drug-likeness (QED) is 0.722. The van der Waals surface area contributed by atoms with E-state index in [-0.39, 0.29) is 11.4 Å². The number of fused-ring (bicyclic) bond motifs is 1. The molecular formula is C11H8BrF3. The average Bonchev–Trinajstić information content (AvgIpc) is 2.16. The van der Waals surface area contributed by atoms with Gasteiger partial charge in [0, 0.05) is 4.47 Å². The van der Waals surface area contributed by atoms with Gasteiger partial charge in [0.2, 0.25) is 0 Å². The van der Waals surface area contributed by atoms with Gasteiger partial charge < -0.3 is 0 Å². The highest BCUT2D eigenvalue weighted by molar-refractivity contribution is 9.10. The molecule has 1 aliphatic rings. The van der Waals surface area contributed by atoms with Crippen molar-refractivity contribution in [3.8, 4) is 0 Å². The molecule has 0 nitrogen and oxygen atoms in total. The Morgan fingerprint density at radius 3 is 2.60 bits per heavy atom. The van der Waals surface area contributed by atoms with Crippen LogP contribution in [0.5, 0.6) is 0 Å². The van der Waals surface area contributed by atoms with E-state index in [9.17, 15) is 13.2 Å². The predicted octanol–water partition coefficient (Wildman–Crippen LogP) is 4.18. The fourth-order valence-corrected chi connectivity index (χ4v) is 2.30. The number of aryl methyl sites for hydroxylation is 1. The van der Waals surface area contributed by atoms with Crippen molar-refractivity contribution in [2.45, 2.75) is 19.3 Å². The molecule has 0 N–H and O–H groups in total.